The van der Waals surface area contributed by atoms with E-state index in [0.29, 0.717) is 11.9 Å². The molecule has 1 atom stereocenters. The summed E-state index contributed by atoms with van der Waals surface area (Å²) in [5.41, 5.74) is 1.84. The van der Waals surface area contributed by atoms with Gasteiger partial charge in [0, 0.05) is 36.0 Å². The molecule has 0 amide bonds. The largest absolute Gasteiger partial charge is 0.371 e. The van der Waals surface area contributed by atoms with Crippen LogP contribution in [0.4, 0.5) is 10.1 Å². The van der Waals surface area contributed by atoms with Gasteiger partial charge in [0.2, 0.25) is 0 Å². The number of hydrogen-bond donors (Lipinski definition) is 0. The Morgan fingerprint density at radius 1 is 1.37 bits per heavy atom. The molecule has 19 heavy (non-hydrogen) atoms. The molecular formula is C15H17ClFNS. The molecule has 4 heteroatoms. The predicted molar refractivity (Wildman–Crippen MR) is 81.8 cm³/mol. The van der Waals surface area contributed by atoms with E-state index in [0.717, 1.165) is 17.7 Å². The number of hydrogen-bond acceptors (Lipinski definition) is 2. The number of benzene rings is 1. The molecule has 0 radical (unpaired) electrons. The lowest BCUT2D eigenvalue weighted by atomic mass is 10.1. The van der Waals surface area contributed by atoms with Crippen LogP contribution in [-0.2, 0) is 12.3 Å². The Morgan fingerprint density at radius 3 is 2.79 bits per heavy atom. The van der Waals surface area contributed by atoms with Gasteiger partial charge in [0.25, 0.3) is 0 Å². The normalized spacial score (nSPS) is 12.4. The summed E-state index contributed by atoms with van der Waals surface area (Å²) in [6.07, 6.45) is 0.979. The number of nitrogens with zero attached hydrogens (tertiary/aromatic N) is 1. The van der Waals surface area contributed by atoms with Crippen LogP contribution >= 0.6 is 22.9 Å². The monoisotopic (exact) mass is 297 g/mol. The van der Waals surface area contributed by atoms with Gasteiger partial charge in [-0.2, -0.15) is 0 Å². The van der Waals surface area contributed by atoms with Crippen molar-refractivity contribution in [3.8, 4) is 0 Å². The van der Waals surface area contributed by atoms with E-state index in [1.807, 2.05) is 7.05 Å². The van der Waals surface area contributed by atoms with Gasteiger partial charge < -0.3 is 4.90 Å². The molecule has 0 aliphatic rings. The molecule has 1 nitrogen and oxygen atoms in total. The Balaban J connectivity index is 2.16. The van der Waals surface area contributed by atoms with Crippen LogP contribution in [0.3, 0.4) is 0 Å². The van der Waals surface area contributed by atoms with E-state index in [2.05, 4.69) is 29.3 Å². The van der Waals surface area contributed by atoms with Crippen LogP contribution in [0.15, 0.2) is 35.7 Å². The Bertz CT molecular complexity index is 527. The second kappa shape index (κ2) is 6.40. The second-order valence-corrected chi connectivity index (χ2v) is 5.95. The molecule has 0 N–H and O–H groups in total. The van der Waals surface area contributed by atoms with Crippen molar-refractivity contribution in [1.29, 1.82) is 0 Å². The quantitative estimate of drug-likeness (QED) is 0.724. The molecule has 1 unspecified atom stereocenters. The van der Waals surface area contributed by atoms with Crippen LogP contribution in [0.5, 0.6) is 0 Å². The summed E-state index contributed by atoms with van der Waals surface area (Å²) < 4.78 is 13.2. The Labute approximate surface area is 122 Å². The highest BCUT2D eigenvalue weighted by Crippen LogP contribution is 2.25. The fourth-order valence-corrected chi connectivity index (χ4v) is 3.14. The van der Waals surface area contributed by atoms with Crippen molar-refractivity contribution in [3.63, 3.8) is 0 Å². The minimum absolute atomic E-state index is 0.237. The average molecular weight is 298 g/mol. The zero-order valence-corrected chi connectivity index (χ0v) is 12.6. The van der Waals surface area contributed by atoms with E-state index in [1.54, 1.807) is 17.4 Å². The summed E-state index contributed by atoms with van der Waals surface area (Å²) in [5, 5.41) is 2.09. The van der Waals surface area contributed by atoms with Gasteiger partial charge in [0.15, 0.2) is 0 Å². The summed E-state index contributed by atoms with van der Waals surface area (Å²) >= 11 is 7.67. The van der Waals surface area contributed by atoms with Crippen molar-refractivity contribution >= 4 is 28.6 Å². The van der Waals surface area contributed by atoms with E-state index < -0.39 is 0 Å². The summed E-state index contributed by atoms with van der Waals surface area (Å²) in [6, 6.07) is 9.34. The van der Waals surface area contributed by atoms with Gasteiger partial charge >= 0.3 is 0 Å². The highest BCUT2D eigenvalue weighted by Gasteiger charge is 2.14. The first-order chi connectivity index (χ1) is 9.11. The molecule has 1 heterocycles. The average Bonchev–Trinajstić information content (AvgIpc) is 2.90. The fraction of sp³-hybridized carbons (Fsp3) is 0.333. The summed E-state index contributed by atoms with van der Waals surface area (Å²) in [6.45, 7) is 2.17. The summed E-state index contributed by atoms with van der Waals surface area (Å²) in [4.78, 5) is 3.52. The predicted octanol–water partition coefficient (Wildman–Crippen LogP) is 4.69. The van der Waals surface area contributed by atoms with E-state index >= 15 is 0 Å². The fourth-order valence-electron chi connectivity index (χ4n) is 2.10. The Hall–Kier alpha value is -1.06. The Kier molecular flexibility index (Phi) is 4.83. The van der Waals surface area contributed by atoms with Crippen LogP contribution in [0, 0.1) is 5.82 Å². The van der Waals surface area contributed by atoms with Crippen molar-refractivity contribution in [2.75, 3.05) is 11.9 Å². The first kappa shape index (κ1) is 14.4. The minimum Gasteiger partial charge on any atom is -0.371 e. The highest BCUT2D eigenvalue weighted by molar-refractivity contribution is 7.09. The van der Waals surface area contributed by atoms with Crippen LogP contribution in [0.25, 0.3) is 0 Å². The van der Waals surface area contributed by atoms with Crippen molar-refractivity contribution in [2.45, 2.75) is 25.3 Å². The molecule has 0 spiro atoms. The molecule has 102 valence electrons. The maximum Gasteiger partial charge on any atom is 0.123 e. The molecule has 1 aromatic heterocycles. The van der Waals surface area contributed by atoms with Crippen molar-refractivity contribution in [3.05, 3.63) is 52.0 Å². The van der Waals surface area contributed by atoms with Gasteiger partial charge in [-0.1, -0.05) is 6.07 Å². The van der Waals surface area contributed by atoms with E-state index in [-0.39, 0.29) is 5.82 Å². The number of anilines is 1. The van der Waals surface area contributed by atoms with Gasteiger partial charge in [-0.15, -0.1) is 22.9 Å². The van der Waals surface area contributed by atoms with Crippen molar-refractivity contribution in [2.24, 2.45) is 0 Å². The zero-order valence-electron chi connectivity index (χ0n) is 11.1. The smallest absolute Gasteiger partial charge is 0.123 e. The Morgan fingerprint density at radius 2 is 2.16 bits per heavy atom. The van der Waals surface area contributed by atoms with Crippen molar-refractivity contribution in [1.82, 2.24) is 0 Å². The highest BCUT2D eigenvalue weighted by atomic mass is 35.5. The van der Waals surface area contributed by atoms with Gasteiger partial charge in [-0.3, -0.25) is 0 Å². The molecule has 2 rings (SSSR count). The third-order valence-corrected chi connectivity index (χ3v) is 4.49. The maximum atomic E-state index is 13.2. The first-order valence-electron chi connectivity index (χ1n) is 6.21. The molecule has 0 aliphatic carbocycles. The standard InChI is InChI=1S/C15H17ClFNS/c1-11(8-14-4-3-7-19-14)18(2)15-6-5-13(17)9-12(15)10-16/h3-7,9,11H,8,10H2,1-2H3. The number of alkyl halides is 1. The van der Waals surface area contributed by atoms with Crippen LogP contribution in [-0.4, -0.2) is 13.1 Å². The van der Waals surface area contributed by atoms with Gasteiger partial charge in [-0.25, -0.2) is 4.39 Å². The molecule has 0 bridgehead atoms. The second-order valence-electron chi connectivity index (χ2n) is 4.65. The first-order valence-corrected chi connectivity index (χ1v) is 7.63. The summed E-state index contributed by atoms with van der Waals surface area (Å²) in [7, 11) is 2.03. The van der Waals surface area contributed by atoms with E-state index in [9.17, 15) is 4.39 Å². The summed E-state index contributed by atoms with van der Waals surface area (Å²) in [5.74, 6) is 0.0853. The number of likely N-dealkylation sites (N-methyl/N-ethyl adjacent to an activating group) is 1. The number of halogens is 2. The third-order valence-electron chi connectivity index (χ3n) is 3.30. The number of thiophene rings is 1. The molecule has 2 aromatic rings. The lowest BCUT2D eigenvalue weighted by molar-refractivity contribution is 0.624. The SMILES string of the molecule is CC(Cc1cccs1)N(C)c1ccc(F)cc1CCl. The van der Waals surface area contributed by atoms with Gasteiger partial charge in [-0.05, 0) is 42.1 Å². The molecular weight excluding hydrogens is 281 g/mol. The van der Waals surface area contributed by atoms with Crippen LogP contribution in [0.1, 0.15) is 17.4 Å². The maximum absolute atomic E-state index is 13.2. The zero-order chi connectivity index (χ0) is 13.8. The third kappa shape index (κ3) is 3.48. The topological polar surface area (TPSA) is 3.24 Å². The van der Waals surface area contributed by atoms with Gasteiger partial charge in [0.1, 0.15) is 5.82 Å². The number of rotatable bonds is 5. The lowest BCUT2D eigenvalue weighted by Crippen LogP contribution is -2.31. The minimum atomic E-state index is -0.237. The molecule has 0 saturated heterocycles. The van der Waals surface area contributed by atoms with Crippen molar-refractivity contribution < 1.29 is 4.39 Å². The molecule has 0 fully saturated rings. The van der Waals surface area contributed by atoms with E-state index in [1.165, 1.54) is 17.0 Å². The van der Waals surface area contributed by atoms with E-state index in [4.69, 9.17) is 11.6 Å². The van der Waals surface area contributed by atoms with Crippen LogP contribution < -0.4 is 4.90 Å². The molecule has 0 saturated carbocycles. The van der Waals surface area contributed by atoms with Gasteiger partial charge in [0.05, 0.1) is 0 Å². The molecule has 1 aromatic carbocycles. The molecule has 0 aliphatic heterocycles. The van der Waals surface area contributed by atoms with Crippen LogP contribution in [0.2, 0.25) is 0 Å². The lowest BCUT2D eigenvalue weighted by Gasteiger charge is -2.28.